The molecular formula is C18H26N4O3. The van der Waals surface area contributed by atoms with Crippen molar-refractivity contribution in [2.75, 3.05) is 38.2 Å². The lowest BCUT2D eigenvalue weighted by atomic mass is 9.89. The van der Waals surface area contributed by atoms with E-state index in [0.29, 0.717) is 32.3 Å². The average molecular weight is 346 g/mol. The van der Waals surface area contributed by atoms with E-state index in [1.165, 1.54) is 0 Å². The van der Waals surface area contributed by atoms with E-state index in [1.54, 1.807) is 12.4 Å². The number of hydrogen-bond acceptors (Lipinski definition) is 6. The predicted octanol–water partition coefficient (Wildman–Crippen LogP) is 1.47. The lowest BCUT2D eigenvalue weighted by molar-refractivity contribution is -0.140. The van der Waals surface area contributed by atoms with E-state index in [-0.39, 0.29) is 23.5 Å². The van der Waals surface area contributed by atoms with Crippen LogP contribution in [0.15, 0.2) is 18.5 Å². The quantitative estimate of drug-likeness (QED) is 0.893. The SMILES string of the molecule is O=C(C1CCOCC1)N1CC[C@@]2(C[C@@H](Nc3ncccn3)CCO2)C1. The molecule has 3 aliphatic rings. The summed E-state index contributed by atoms with van der Waals surface area (Å²) in [6, 6.07) is 2.10. The first-order valence-corrected chi connectivity index (χ1v) is 9.28. The largest absolute Gasteiger partial charge is 0.381 e. The highest BCUT2D eigenvalue weighted by Gasteiger charge is 2.45. The Hall–Kier alpha value is -1.73. The Labute approximate surface area is 148 Å². The molecule has 1 amide bonds. The third-order valence-corrected chi connectivity index (χ3v) is 5.59. The van der Waals surface area contributed by atoms with Crippen molar-refractivity contribution in [3.63, 3.8) is 0 Å². The Kier molecular flexibility index (Phi) is 4.85. The van der Waals surface area contributed by atoms with Gasteiger partial charge in [0.1, 0.15) is 0 Å². The van der Waals surface area contributed by atoms with E-state index >= 15 is 0 Å². The number of amides is 1. The fourth-order valence-electron chi connectivity index (χ4n) is 4.23. The molecule has 1 aromatic heterocycles. The molecule has 0 bridgehead atoms. The van der Waals surface area contributed by atoms with E-state index in [0.717, 1.165) is 38.6 Å². The summed E-state index contributed by atoms with van der Waals surface area (Å²) in [4.78, 5) is 23.3. The van der Waals surface area contributed by atoms with Crippen molar-refractivity contribution in [1.29, 1.82) is 0 Å². The minimum atomic E-state index is -0.217. The van der Waals surface area contributed by atoms with Crippen LogP contribution < -0.4 is 5.32 Å². The highest BCUT2D eigenvalue weighted by atomic mass is 16.5. The summed E-state index contributed by atoms with van der Waals surface area (Å²) in [6.07, 6.45) is 7.92. The van der Waals surface area contributed by atoms with Crippen LogP contribution >= 0.6 is 0 Å². The zero-order valence-corrected chi connectivity index (χ0v) is 14.5. The number of nitrogens with zero attached hydrogens (tertiary/aromatic N) is 3. The number of ether oxygens (including phenoxy) is 2. The molecule has 7 nitrogen and oxygen atoms in total. The fraction of sp³-hybridized carbons (Fsp3) is 0.722. The molecule has 0 aromatic carbocycles. The summed E-state index contributed by atoms with van der Waals surface area (Å²) < 4.78 is 11.5. The summed E-state index contributed by atoms with van der Waals surface area (Å²) in [5, 5.41) is 3.42. The summed E-state index contributed by atoms with van der Waals surface area (Å²) in [6.45, 7) is 3.62. The van der Waals surface area contributed by atoms with E-state index in [4.69, 9.17) is 9.47 Å². The van der Waals surface area contributed by atoms with Gasteiger partial charge < -0.3 is 19.7 Å². The van der Waals surface area contributed by atoms with E-state index in [1.807, 2.05) is 11.0 Å². The molecule has 3 aliphatic heterocycles. The van der Waals surface area contributed by atoms with Gasteiger partial charge in [-0.25, -0.2) is 9.97 Å². The average Bonchev–Trinajstić information content (AvgIpc) is 3.06. The smallest absolute Gasteiger partial charge is 0.225 e. The van der Waals surface area contributed by atoms with Crippen molar-refractivity contribution in [1.82, 2.24) is 14.9 Å². The van der Waals surface area contributed by atoms with E-state index < -0.39 is 0 Å². The first-order valence-electron chi connectivity index (χ1n) is 9.28. The number of anilines is 1. The molecule has 0 radical (unpaired) electrons. The van der Waals surface area contributed by atoms with Crippen molar-refractivity contribution in [2.45, 2.75) is 43.7 Å². The number of nitrogens with one attached hydrogen (secondary N) is 1. The summed E-state index contributed by atoms with van der Waals surface area (Å²) in [5.74, 6) is 1.07. The van der Waals surface area contributed by atoms with Gasteiger partial charge in [-0.15, -0.1) is 0 Å². The van der Waals surface area contributed by atoms with Crippen LogP contribution in [0.5, 0.6) is 0 Å². The number of rotatable bonds is 3. The van der Waals surface area contributed by atoms with Crippen molar-refractivity contribution >= 4 is 11.9 Å². The Bertz CT molecular complexity index is 593. The molecule has 136 valence electrons. The van der Waals surface area contributed by atoms with Gasteiger partial charge in [0.05, 0.1) is 5.60 Å². The summed E-state index contributed by atoms with van der Waals surface area (Å²) >= 11 is 0. The van der Waals surface area contributed by atoms with Crippen molar-refractivity contribution < 1.29 is 14.3 Å². The van der Waals surface area contributed by atoms with E-state index in [9.17, 15) is 4.79 Å². The van der Waals surface area contributed by atoms with Crippen molar-refractivity contribution in [3.8, 4) is 0 Å². The Balaban J connectivity index is 1.36. The van der Waals surface area contributed by atoms with Crippen LogP contribution in [-0.2, 0) is 14.3 Å². The summed E-state index contributed by atoms with van der Waals surface area (Å²) in [7, 11) is 0. The van der Waals surface area contributed by atoms with Gasteiger partial charge in [-0.2, -0.15) is 0 Å². The number of hydrogen-bond donors (Lipinski definition) is 1. The molecule has 1 N–H and O–H groups in total. The fourth-order valence-corrected chi connectivity index (χ4v) is 4.23. The molecule has 1 spiro atoms. The number of carbonyl (C=O) groups is 1. The Morgan fingerprint density at radius 2 is 2.00 bits per heavy atom. The maximum atomic E-state index is 12.8. The van der Waals surface area contributed by atoms with Crippen LogP contribution in [0, 0.1) is 5.92 Å². The molecule has 3 saturated heterocycles. The second kappa shape index (κ2) is 7.25. The Morgan fingerprint density at radius 3 is 2.80 bits per heavy atom. The van der Waals surface area contributed by atoms with Gasteiger partial charge in [-0.05, 0) is 38.2 Å². The van der Waals surface area contributed by atoms with Crippen molar-refractivity contribution in [2.24, 2.45) is 5.92 Å². The minimum absolute atomic E-state index is 0.124. The third-order valence-electron chi connectivity index (χ3n) is 5.59. The monoisotopic (exact) mass is 346 g/mol. The predicted molar refractivity (Wildman–Crippen MR) is 92.1 cm³/mol. The van der Waals surface area contributed by atoms with Crippen LogP contribution in [-0.4, -0.2) is 65.3 Å². The van der Waals surface area contributed by atoms with Crippen molar-refractivity contribution in [3.05, 3.63) is 18.5 Å². The Morgan fingerprint density at radius 1 is 1.20 bits per heavy atom. The molecular weight excluding hydrogens is 320 g/mol. The third kappa shape index (κ3) is 3.77. The second-order valence-corrected chi connectivity index (χ2v) is 7.33. The number of carbonyl (C=O) groups excluding carboxylic acids is 1. The van der Waals surface area contributed by atoms with Crippen LogP contribution in [0.25, 0.3) is 0 Å². The number of aromatic nitrogens is 2. The molecule has 2 atom stereocenters. The maximum absolute atomic E-state index is 12.8. The zero-order valence-electron chi connectivity index (χ0n) is 14.5. The lowest BCUT2D eigenvalue weighted by Gasteiger charge is -2.38. The molecule has 3 fully saturated rings. The molecule has 25 heavy (non-hydrogen) atoms. The number of likely N-dealkylation sites (tertiary alicyclic amines) is 1. The zero-order chi connectivity index (χ0) is 17.1. The molecule has 0 unspecified atom stereocenters. The maximum Gasteiger partial charge on any atom is 0.225 e. The minimum Gasteiger partial charge on any atom is -0.381 e. The van der Waals surface area contributed by atoms with E-state index in [2.05, 4.69) is 15.3 Å². The molecule has 1 aromatic rings. The van der Waals surface area contributed by atoms with Gasteiger partial charge in [0.15, 0.2) is 0 Å². The van der Waals surface area contributed by atoms with Gasteiger partial charge in [-0.3, -0.25) is 4.79 Å². The highest BCUT2D eigenvalue weighted by molar-refractivity contribution is 5.79. The van der Waals surface area contributed by atoms with Crippen LogP contribution in [0.4, 0.5) is 5.95 Å². The first kappa shape index (κ1) is 16.7. The lowest BCUT2D eigenvalue weighted by Crippen LogP contribution is -2.47. The topological polar surface area (TPSA) is 76.6 Å². The summed E-state index contributed by atoms with van der Waals surface area (Å²) in [5.41, 5.74) is -0.217. The van der Waals surface area contributed by atoms with Gasteiger partial charge in [0, 0.05) is 57.3 Å². The molecule has 4 heterocycles. The molecule has 0 aliphatic carbocycles. The molecule has 4 rings (SSSR count). The van der Waals surface area contributed by atoms with Gasteiger partial charge in [-0.1, -0.05) is 0 Å². The molecule has 7 heteroatoms. The first-order chi connectivity index (χ1) is 12.2. The standard InChI is InChI=1S/C18H26N4O3/c23-16(14-2-9-24-10-3-14)22-8-5-18(13-22)12-15(4-11-25-18)21-17-19-6-1-7-20-17/h1,6-7,14-15H,2-5,8-13H2,(H,19,20,21)/t15-,18+/m0/s1. The van der Waals surface area contributed by atoms with Crippen LogP contribution in [0.2, 0.25) is 0 Å². The highest BCUT2D eigenvalue weighted by Crippen LogP contribution is 2.36. The van der Waals surface area contributed by atoms with Gasteiger partial charge in [0.25, 0.3) is 0 Å². The normalized spacial score (nSPS) is 30.6. The molecule has 0 saturated carbocycles. The van der Waals surface area contributed by atoms with Crippen LogP contribution in [0.1, 0.15) is 32.1 Å². The van der Waals surface area contributed by atoms with Crippen LogP contribution in [0.3, 0.4) is 0 Å². The van der Waals surface area contributed by atoms with Gasteiger partial charge in [0.2, 0.25) is 11.9 Å². The van der Waals surface area contributed by atoms with Gasteiger partial charge >= 0.3 is 0 Å². The second-order valence-electron chi connectivity index (χ2n) is 7.33.